The molecule has 0 bridgehead atoms. The third-order valence-electron chi connectivity index (χ3n) is 3.96. The number of carbonyl (C=O) groups excluding carboxylic acids is 1. The average molecular weight is 349 g/mol. The van der Waals surface area contributed by atoms with Gasteiger partial charge in [0.2, 0.25) is 0 Å². The molecule has 1 aromatic rings. The monoisotopic (exact) mass is 348 g/mol. The summed E-state index contributed by atoms with van der Waals surface area (Å²) in [4.78, 5) is 20.7. The lowest BCUT2D eigenvalue weighted by atomic mass is 9.92. The maximum absolute atomic E-state index is 12.6. The zero-order valence-electron chi connectivity index (χ0n) is 13.4. The van der Waals surface area contributed by atoms with E-state index in [4.69, 9.17) is 5.73 Å². The van der Waals surface area contributed by atoms with Gasteiger partial charge in [-0.3, -0.25) is 4.79 Å². The van der Waals surface area contributed by atoms with Crippen molar-refractivity contribution in [3.8, 4) is 0 Å². The number of pyridine rings is 1. The lowest BCUT2D eigenvalue weighted by Crippen LogP contribution is -2.49. The zero-order valence-corrected chi connectivity index (χ0v) is 15.0. The Labute approximate surface area is 145 Å². The molecule has 0 aliphatic carbocycles. The second-order valence-electron chi connectivity index (χ2n) is 5.82. The van der Waals surface area contributed by atoms with Crippen LogP contribution in [0.2, 0.25) is 0 Å². The first-order chi connectivity index (χ1) is 9.52. The summed E-state index contributed by atoms with van der Waals surface area (Å²) in [5.74, 6) is 1.54. The van der Waals surface area contributed by atoms with Crippen molar-refractivity contribution in [2.24, 2.45) is 11.7 Å². The van der Waals surface area contributed by atoms with Gasteiger partial charge < -0.3 is 15.5 Å². The normalized spacial score (nSPS) is 20.6. The number of likely N-dealkylation sites (tertiary alicyclic amines) is 1. The smallest absolute Gasteiger partial charge is 0.255 e. The molecule has 2 unspecified atom stereocenters. The van der Waals surface area contributed by atoms with E-state index in [9.17, 15) is 4.79 Å². The van der Waals surface area contributed by atoms with Crippen LogP contribution in [0.15, 0.2) is 18.3 Å². The first-order valence-electron chi connectivity index (χ1n) is 7.17. The van der Waals surface area contributed by atoms with E-state index >= 15 is 0 Å². The molecule has 7 heteroatoms. The fraction of sp³-hybridized carbons (Fsp3) is 0.600. The number of nitrogens with two attached hydrogens (primary N) is 1. The average Bonchev–Trinajstić information content (AvgIpc) is 2.46. The summed E-state index contributed by atoms with van der Waals surface area (Å²) in [6, 6.07) is 3.87. The van der Waals surface area contributed by atoms with Crippen LogP contribution in [0.1, 0.15) is 30.1 Å². The van der Waals surface area contributed by atoms with Gasteiger partial charge in [0.15, 0.2) is 0 Å². The molecule has 2 heterocycles. The van der Waals surface area contributed by atoms with Crippen LogP contribution in [0.5, 0.6) is 0 Å². The minimum absolute atomic E-state index is 0. The number of aromatic nitrogens is 1. The number of carbonyl (C=O) groups is 1. The molecule has 126 valence electrons. The maximum Gasteiger partial charge on any atom is 0.255 e. The van der Waals surface area contributed by atoms with Gasteiger partial charge in [0.05, 0.1) is 5.56 Å². The van der Waals surface area contributed by atoms with Gasteiger partial charge >= 0.3 is 0 Å². The number of anilines is 1. The van der Waals surface area contributed by atoms with Crippen LogP contribution in [-0.2, 0) is 0 Å². The fourth-order valence-electron chi connectivity index (χ4n) is 2.69. The summed E-state index contributed by atoms with van der Waals surface area (Å²) in [6.07, 6.45) is 3.69. The molecule has 1 aromatic heterocycles. The molecule has 1 saturated heterocycles. The van der Waals surface area contributed by atoms with Gasteiger partial charge in [-0.2, -0.15) is 0 Å². The van der Waals surface area contributed by atoms with E-state index in [1.54, 1.807) is 6.20 Å². The number of piperidine rings is 1. The Balaban J connectivity index is 0.00000220. The van der Waals surface area contributed by atoms with Gasteiger partial charge in [0, 0.05) is 39.4 Å². The van der Waals surface area contributed by atoms with Gasteiger partial charge in [-0.25, -0.2) is 4.98 Å². The molecule has 2 rings (SSSR count). The third kappa shape index (κ3) is 4.73. The highest BCUT2D eigenvalue weighted by Crippen LogP contribution is 2.23. The van der Waals surface area contributed by atoms with Crippen molar-refractivity contribution in [1.29, 1.82) is 0 Å². The third-order valence-corrected chi connectivity index (χ3v) is 3.96. The highest BCUT2D eigenvalue weighted by atomic mass is 35.5. The van der Waals surface area contributed by atoms with Crippen LogP contribution in [0.4, 0.5) is 5.82 Å². The number of hydrogen-bond acceptors (Lipinski definition) is 4. The Hall–Kier alpha value is -1.04. The van der Waals surface area contributed by atoms with E-state index in [2.05, 4.69) is 11.9 Å². The molecule has 2 atom stereocenters. The quantitative estimate of drug-likeness (QED) is 0.909. The van der Waals surface area contributed by atoms with Crippen molar-refractivity contribution in [3.63, 3.8) is 0 Å². The van der Waals surface area contributed by atoms with Crippen molar-refractivity contribution in [1.82, 2.24) is 9.88 Å². The molecule has 5 nitrogen and oxygen atoms in total. The van der Waals surface area contributed by atoms with Crippen LogP contribution in [0, 0.1) is 5.92 Å². The van der Waals surface area contributed by atoms with Crippen molar-refractivity contribution in [2.45, 2.75) is 25.8 Å². The standard InChI is InChI=1S/C15H24N4O.2ClH/c1-11-6-7-19(13(8-11)9-16)15(20)12-4-5-14(17-10-12)18(2)3;;/h4-5,10-11,13H,6-9,16H2,1-3H3;2*1H. The Morgan fingerprint density at radius 2 is 2.09 bits per heavy atom. The molecule has 1 aliphatic rings. The second kappa shape index (κ2) is 9.18. The second-order valence-corrected chi connectivity index (χ2v) is 5.82. The minimum atomic E-state index is 0. The molecule has 0 radical (unpaired) electrons. The Bertz CT molecular complexity index is 467. The van der Waals surface area contributed by atoms with Gasteiger partial charge in [0.1, 0.15) is 5.82 Å². The predicted octanol–water partition coefficient (Wildman–Crippen LogP) is 2.19. The molecule has 22 heavy (non-hydrogen) atoms. The van der Waals surface area contributed by atoms with Crippen molar-refractivity contribution in [2.75, 3.05) is 32.1 Å². The van der Waals surface area contributed by atoms with Crippen molar-refractivity contribution in [3.05, 3.63) is 23.9 Å². The lowest BCUT2D eigenvalue weighted by Gasteiger charge is -2.38. The lowest BCUT2D eigenvalue weighted by molar-refractivity contribution is 0.0573. The van der Waals surface area contributed by atoms with Crippen molar-refractivity contribution >= 4 is 36.5 Å². The van der Waals surface area contributed by atoms with Crippen LogP contribution >= 0.6 is 24.8 Å². The number of halogens is 2. The van der Waals surface area contributed by atoms with Gasteiger partial charge in [-0.05, 0) is 30.9 Å². The van der Waals surface area contributed by atoms with E-state index < -0.39 is 0 Å². The molecule has 1 amide bonds. The summed E-state index contributed by atoms with van der Waals surface area (Å²) in [7, 11) is 3.86. The van der Waals surface area contributed by atoms with Crippen LogP contribution < -0.4 is 10.6 Å². The minimum Gasteiger partial charge on any atom is -0.363 e. The van der Waals surface area contributed by atoms with Crippen molar-refractivity contribution < 1.29 is 4.79 Å². The Morgan fingerprint density at radius 3 is 2.59 bits per heavy atom. The predicted molar refractivity (Wildman–Crippen MR) is 95.3 cm³/mol. The Morgan fingerprint density at radius 1 is 1.41 bits per heavy atom. The summed E-state index contributed by atoms with van der Waals surface area (Å²) in [6.45, 7) is 3.54. The van der Waals surface area contributed by atoms with Gasteiger partial charge in [0.25, 0.3) is 5.91 Å². The summed E-state index contributed by atoms with van der Waals surface area (Å²) in [5.41, 5.74) is 6.46. The summed E-state index contributed by atoms with van der Waals surface area (Å²) < 4.78 is 0. The largest absolute Gasteiger partial charge is 0.363 e. The molecule has 1 fully saturated rings. The van der Waals surface area contributed by atoms with E-state index in [-0.39, 0.29) is 36.8 Å². The fourth-order valence-corrected chi connectivity index (χ4v) is 2.69. The molecule has 2 N–H and O–H groups in total. The number of rotatable bonds is 3. The van der Waals surface area contributed by atoms with Crippen LogP contribution in [0.3, 0.4) is 0 Å². The van der Waals surface area contributed by atoms with Crippen LogP contribution in [0.25, 0.3) is 0 Å². The maximum atomic E-state index is 12.6. The summed E-state index contributed by atoms with van der Waals surface area (Å²) in [5, 5.41) is 0. The molecule has 0 aromatic carbocycles. The molecule has 0 saturated carbocycles. The topological polar surface area (TPSA) is 62.5 Å². The SMILES string of the molecule is CC1CCN(C(=O)c2ccc(N(C)C)nc2)C(CN)C1.Cl.Cl. The molecular weight excluding hydrogens is 323 g/mol. The van der Waals surface area contributed by atoms with E-state index in [0.29, 0.717) is 18.0 Å². The molecule has 1 aliphatic heterocycles. The number of amides is 1. The zero-order chi connectivity index (χ0) is 14.7. The number of nitrogens with zero attached hydrogens (tertiary/aromatic N) is 3. The highest BCUT2D eigenvalue weighted by molar-refractivity contribution is 5.94. The first-order valence-corrected chi connectivity index (χ1v) is 7.17. The number of hydrogen-bond donors (Lipinski definition) is 1. The Kier molecular flexibility index (Phi) is 8.74. The van der Waals surface area contributed by atoms with E-state index in [1.165, 1.54) is 0 Å². The van der Waals surface area contributed by atoms with E-state index in [1.807, 2.05) is 36.0 Å². The van der Waals surface area contributed by atoms with Gasteiger partial charge in [-0.1, -0.05) is 6.92 Å². The summed E-state index contributed by atoms with van der Waals surface area (Å²) >= 11 is 0. The first kappa shape index (κ1) is 21.0. The molecular formula is C15H26Cl2N4O. The van der Waals surface area contributed by atoms with E-state index in [0.717, 1.165) is 25.2 Å². The highest BCUT2D eigenvalue weighted by Gasteiger charge is 2.29. The van der Waals surface area contributed by atoms with Crippen LogP contribution in [-0.4, -0.2) is 49.0 Å². The van der Waals surface area contributed by atoms with Gasteiger partial charge in [-0.15, -0.1) is 24.8 Å². The molecule has 0 spiro atoms.